The fourth-order valence-electron chi connectivity index (χ4n) is 2.36. The van der Waals surface area contributed by atoms with E-state index in [1.807, 2.05) is 18.2 Å². The van der Waals surface area contributed by atoms with Crippen molar-refractivity contribution in [2.24, 2.45) is 5.73 Å². The number of nitrogens with one attached hydrogen (secondary N) is 1. The Hall–Kier alpha value is -1.07. The molecule has 0 radical (unpaired) electrons. The first kappa shape index (κ1) is 14.3. The summed E-state index contributed by atoms with van der Waals surface area (Å²) in [5.74, 6) is 0.0731. The van der Waals surface area contributed by atoms with Crippen LogP contribution in [0.2, 0.25) is 0 Å². The number of aliphatic hydroxyl groups excluding tert-OH is 1. The minimum Gasteiger partial charge on any atom is -0.396 e. The maximum atomic E-state index is 9.03. The summed E-state index contributed by atoms with van der Waals surface area (Å²) in [7, 11) is 0. The van der Waals surface area contributed by atoms with Crippen LogP contribution in [-0.4, -0.2) is 30.1 Å². The van der Waals surface area contributed by atoms with Gasteiger partial charge in [-0.05, 0) is 59.8 Å². The monoisotopic (exact) mass is 325 g/mol. The zero-order valence-corrected chi connectivity index (χ0v) is 12.5. The summed E-state index contributed by atoms with van der Waals surface area (Å²) in [4.78, 5) is 2.36. The number of rotatable bonds is 6. The highest BCUT2D eigenvalue weighted by atomic mass is 79.9. The predicted molar refractivity (Wildman–Crippen MR) is 81.8 cm³/mol. The Morgan fingerprint density at radius 1 is 1.47 bits per heavy atom. The van der Waals surface area contributed by atoms with Gasteiger partial charge >= 0.3 is 0 Å². The molecule has 0 unspecified atom stereocenters. The van der Waals surface area contributed by atoms with Crippen molar-refractivity contribution in [3.63, 3.8) is 0 Å². The molecule has 5 heteroatoms. The quantitative estimate of drug-likeness (QED) is 0.555. The molecule has 0 atom stereocenters. The lowest BCUT2D eigenvalue weighted by atomic mass is 9.91. The molecule has 0 heterocycles. The van der Waals surface area contributed by atoms with Crippen LogP contribution in [0.3, 0.4) is 0 Å². The van der Waals surface area contributed by atoms with Crippen LogP contribution in [0.4, 0.5) is 5.69 Å². The summed E-state index contributed by atoms with van der Waals surface area (Å²) >= 11 is 3.48. The van der Waals surface area contributed by atoms with Crippen LogP contribution in [0.5, 0.6) is 0 Å². The van der Waals surface area contributed by atoms with E-state index in [1.54, 1.807) is 0 Å². The summed E-state index contributed by atoms with van der Waals surface area (Å²) in [6.45, 7) is 1.09. The minimum atomic E-state index is 0.0731. The number of hydrogen-bond donors (Lipinski definition) is 3. The van der Waals surface area contributed by atoms with Gasteiger partial charge in [-0.25, -0.2) is 0 Å². The molecule has 0 spiro atoms. The van der Waals surface area contributed by atoms with Crippen LogP contribution in [0, 0.1) is 5.41 Å². The molecule has 2 rings (SSSR count). The molecule has 1 aliphatic carbocycles. The zero-order valence-electron chi connectivity index (χ0n) is 10.9. The number of anilines is 1. The van der Waals surface area contributed by atoms with Crippen LogP contribution in [0.1, 0.15) is 31.2 Å². The van der Waals surface area contributed by atoms with Crippen molar-refractivity contribution >= 4 is 27.5 Å². The number of amidine groups is 1. The summed E-state index contributed by atoms with van der Waals surface area (Å²) in [5, 5.41) is 16.5. The van der Waals surface area contributed by atoms with Gasteiger partial charge in [-0.1, -0.05) is 0 Å². The van der Waals surface area contributed by atoms with Crippen molar-refractivity contribution in [2.75, 3.05) is 18.1 Å². The number of nitrogen functional groups attached to an aromatic ring is 1. The van der Waals surface area contributed by atoms with Gasteiger partial charge in [0.1, 0.15) is 5.84 Å². The summed E-state index contributed by atoms with van der Waals surface area (Å²) in [6, 6.07) is 6.50. The van der Waals surface area contributed by atoms with Crippen molar-refractivity contribution in [1.29, 1.82) is 5.41 Å². The molecular formula is C14H20BrN3O. The molecule has 1 saturated carbocycles. The molecule has 1 aromatic carbocycles. The van der Waals surface area contributed by atoms with Gasteiger partial charge in [0.15, 0.2) is 0 Å². The Labute approximate surface area is 122 Å². The second-order valence-corrected chi connectivity index (χ2v) is 5.79. The SMILES string of the molecule is N=C(N)c1ccc(N(CCCO)C2CCC2)cc1Br. The maximum absolute atomic E-state index is 9.03. The first-order chi connectivity index (χ1) is 9.13. The van der Waals surface area contributed by atoms with Gasteiger partial charge in [-0.3, -0.25) is 5.41 Å². The highest BCUT2D eigenvalue weighted by Gasteiger charge is 2.25. The topological polar surface area (TPSA) is 73.3 Å². The second kappa shape index (κ2) is 6.39. The van der Waals surface area contributed by atoms with Gasteiger partial charge in [-0.15, -0.1) is 0 Å². The normalized spacial score (nSPS) is 15.1. The summed E-state index contributed by atoms with van der Waals surface area (Å²) in [5.41, 5.74) is 7.38. The second-order valence-electron chi connectivity index (χ2n) is 4.93. The van der Waals surface area contributed by atoms with Gasteiger partial charge < -0.3 is 15.7 Å². The molecule has 4 nitrogen and oxygen atoms in total. The molecule has 0 bridgehead atoms. The van der Waals surface area contributed by atoms with Gasteiger partial charge in [-0.2, -0.15) is 0 Å². The van der Waals surface area contributed by atoms with E-state index in [0.717, 1.165) is 28.7 Å². The molecule has 1 aromatic rings. The number of halogens is 1. The molecule has 1 fully saturated rings. The summed E-state index contributed by atoms with van der Waals surface area (Å²) in [6.07, 6.45) is 4.50. The first-order valence-corrected chi connectivity index (χ1v) is 7.44. The predicted octanol–water partition coefficient (Wildman–Crippen LogP) is 2.47. The number of aliphatic hydroxyl groups is 1. The van der Waals surface area contributed by atoms with E-state index < -0.39 is 0 Å². The van der Waals surface area contributed by atoms with Crippen LogP contribution in [-0.2, 0) is 0 Å². The van der Waals surface area contributed by atoms with Crippen LogP contribution < -0.4 is 10.6 Å². The smallest absolute Gasteiger partial charge is 0.123 e. The van der Waals surface area contributed by atoms with Crippen molar-refractivity contribution < 1.29 is 5.11 Å². The van der Waals surface area contributed by atoms with Crippen molar-refractivity contribution in [1.82, 2.24) is 0 Å². The van der Waals surface area contributed by atoms with E-state index >= 15 is 0 Å². The fraction of sp³-hybridized carbons (Fsp3) is 0.500. The number of nitrogens with zero attached hydrogens (tertiary/aromatic N) is 1. The molecule has 0 aromatic heterocycles. The standard InChI is InChI=1S/C14H20BrN3O/c15-13-9-11(5-6-12(13)14(16)17)18(7-2-8-19)10-3-1-4-10/h5-6,9-10,19H,1-4,7-8H2,(H3,16,17). The first-order valence-electron chi connectivity index (χ1n) is 6.65. The van der Waals surface area contributed by atoms with Crippen LogP contribution >= 0.6 is 15.9 Å². The lowest BCUT2D eigenvalue weighted by molar-refractivity contribution is 0.283. The third kappa shape index (κ3) is 3.28. The van der Waals surface area contributed by atoms with E-state index in [2.05, 4.69) is 20.8 Å². The maximum Gasteiger partial charge on any atom is 0.123 e. The Morgan fingerprint density at radius 2 is 2.21 bits per heavy atom. The van der Waals surface area contributed by atoms with Crippen molar-refractivity contribution in [3.8, 4) is 0 Å². The Bertz CT molecular complexity index is 460. The van der Waals surface area contributed by atoms with Crippen LogP contribution in [0.25, 0.3) is 0 Å². The average molecular weight is 326 g/mol. The molecule has 19 heavy (non-hydrogen) atoms. The average Bonchev–Trinajstić information content (AvgIpc) is 2.31. The largest absolute Gasteiger partial charge is 0.396 e. The number of hydrogen-bond acceptors (Lipinski definition) is 3. The van der Waals surface area contributed by atoms with Gasteiger partial charge in [0, 0.05) is 34.9 Å². The number of benzene rings is 1. The van der Waals surface area contributed by atoms with E-state index in [-0.39, 0.29) is 12.4 Å². The molecule has 104 valence electrons. The third-order valence-corrected chi connectivity index (χ3v) is 4.30. The van der Waals surface area contributed by atoms with Crippen molar-refractivity contribution in [2.45, 2.75) is 31.7 Å². The highest BCUT2D eigenvalue weighted by molar-refractivity contribution is 9.10. The molecule has 4 N–H and O–H groups in total. The zero-order chi connectivity index (χ0) is 13.8. The molecule has 1 aliphatic rings. The molecule has 0 aliphatic heterocycles. The highest BCUT2D eigenvalue weighted by Crippen LogP contribution is 2.32. The molecule has 0 amide bonds. The molecular weight excluding hydrogens is 306 g/mol. The van der Waals surface area contributed by atoms with Crippen molar-refractivity contribution in [3.05, 3.63) is 28.2 Å². The Morgan fingerprint density at radius 3 is 2.68 bits per heavy atom. The lowest BCUT2D eigenvalue weighted by Gasteiger charge is -2.39. The minimum absolute atomic E-state index is 0.0731. The molecule has 0 saturated heterocycles. The van der Waals surface area contributed by atoms with E-state index in [0.29, 0.717) is 6.04 Å². The Kier molecular flexibility index (Phi) is 4.82. The summed E-state index contributed by atoms with van der Waals surface area (Å²) < 4.78 is 0.853. The third-order valence-electron chi connectivity index (χ3n) is 3.65. The van der Waals surface area contributed by atoms with Gasteiger partial charge in [0.2, 0.25) is 0 Å². The van der Waals surface area contributed by atoms with Crippen LogP contribution in [0.15, 0.2) is 22.7 Å². The fourth-order valence-corrected chi connectivity index (χ4v) is 2.94. The number of nitrogens with two attached hydrogens (primary N) is 1. The Balaban J connectivity index is 2.20. The van der Waals surface area contributed by atoms with E-state index in [4.69, 9.17) is 16.2 Å². The lowest BCUT2D eigenvalue weighted by Crippen LogP contribution is -2.41. The van der Waals surface area contributed by atoms with Gasteiger partial charge in [0.05, 0.1) is 0 Å². The van der Waals surface area contributed by atoms with E-state index in [1.165, 1.54) is 19.3 Å². The van der Waals surface area contributed by atoms with E-state index in [9.17, 15) is 0 Å². The van der Waals surface area contributed by atoms with Gasteiger partial charge in [0.25, 0.3) is 0 Å².